The second-order valence-electron chi connectivity index (χ2n) is 12.8. The van der Waals surface area contributed by atoms with Crippen molar-refractivity contribution in [3.63, 3.8) is 0 Å². The summed E-state index contributed by atoms with van der Waals surface area (Å²) in [5.41, 5.74) is 4.66. The van der Waals surface area contributed by atoms with Gasteiger partial charge in [-0.05, 0) is 74.0 Å². The number of nitrogens with one attached hydrogen (secondary N) is 2. The van der Waals surface area contributed by atoms with Gasteiger partial charge in [0.25, 0.3) is 11.1 Å². The summed E-state index contributed by atoms with van der Waals surface area (Å²) < 4.78 is 0. The maximum Gasteiger partial charge on any atom is 1.00 e. The van der Waals surface area contributed by atoms with Gasteiger partial charge in [0.2, 0.25) is 0 Å². The predicted molar refractivity (Wildman–Crippen MR) is 242 cm³/mol. The third-order valence-corrected chi connectivity index (χ3v) is 9.08. The van der Waals surface area contributed by atoms with Gasteiger partial charge in [-0.15, -0.1) is 0 Å². The molecular formula is C48H39Cl2N4NaO7. The van der Waals surface area contributed by atoms with Crippen LogP contribution in [0.1, 0.15) is 50.5 Å². The fourth-order valence-electron chi connectivity index (χ4n) is 6.07. The molecule has 0 aliphatic heterocycles. The van der Waals surface area contributed by atoms with Gasteiger partial charge in [0.15, 0.2) is 11.6 Å². The van der Waals surface area contributed by atoms with Gasteiger partial charge in [-0.3, -0.25) is 33.9 Å². The number of hydrogen-bond donors (Lipinski definition) is 3. The Kier molecular flexibility index (Phi) is 20.2. The summed E-state index contributed by atoms with van der Waals surface area (Å²) in [6, 6.07) is 36.0. The number of nitrogens with zero attached hydrogens (tertiary/aromatic N) is 2. The maximum atomic E-state index is 13.0. The van der Waals surface area contributed by atoms with E-state index in [4.69, 9.17) is 28.3 Å². The molecule has 11 nitrogen and oxygen atoms in total. The van der Waals surface area contributed by atoms with Gasteiger partial charge < -0.3 is 20.6 Å². The van der Waals surface area contributed by atoms with Crippen LogP contribution in [0.5, 0.6) is 0 Å². The molecule has 0 aliphatic rings. The zero-order valence-electron chi connectivity index (χ0n) is 33.9. The first kappa shape index (κ1) is 50.2. The summed E-state index contributed by atoms with van der Waals surface area (Å²) in [6.07, 6.45) is 10.5. The Labute approximate surface area is 388 Å². The van der Waals surface area contributed by atoms with Gasteiger partial charge in [-0.1, -0.05) is 102 Å². The molecule has 62 heavy (non-hydrogen) atoms. The fraction of sp³-hybridized carbons (Fsp3) is 0.0625. The zero-order chi connectivity index (χ0) is 43.0. The van der Waals surface area contributed by atoms with Crippen molar-refractivity contribution in [1.82, 2.24) is 19.9 Å². The zero-order valence-corrected chi connectivity index (χ0v) is 37.4. The number of carbonyl (C=O) groups excluding carboxylic acids is 3. The van der Waals surface area contributed by atoms with E-state index >= 15 is 0 Å². The normalized spacial score (nSPS) is 10.1. The molecule has 4 heterocycles. The van der Waals surface area contributed by atoms with Crippen LogP contribution in [0.15, 0.2) is 162 Å². The number of hydrogen-bond acceptors (Lipinski definition) is 9. The Morgan fingerprint density at radius 3 is 1.50 bits per heavy atom. The molecule has 4 N–H and O–H groups in total. The molecule has 4 aromatic carbocycles. The molecule has 0 radical (unpaired) electrons. The summed E-state index contributed by atoms with van der Waals surface area (Å²) in [5, 5.41) is 10.0. The number of halogens is 2. The van der Waals surface area contributed by atoms with E-state index in [1.54, 1.807) is 98.5 Å². The Morgan fingerprint density at radius 2 is 1.10 bits per heavy atom. The number of allylic oxidation sites excluding steroid dienone is 1. The average molecular weight is 878 g/mol. The number of H-pyrrole nitrogens is 2. The molecule has 14 heteroatoms. The summed E-state index contributed by atoms with van der Waals surface area (Å²) in [7, 11) is 0. The molecule has 0 atom stereocenters. The van der Waals surface area contributed by atoms with Gasteiger partial charge in [0, 0.05) is 91.1 Å². The number of aliphatic hydroxyl groups is 1. The molecule has 0 fully saturated rings. The van der Waals surface area contributed by atoms with Crippen LogP contribution in [0, 0.1) is 0 Å². The van der Waals surface area contributed by atoms with Crippen LogP contribution in [-0.2, 0) is 0 Å². The minimum atomic E-state index is -0.448. The average Bonchev–Trinajstić information content (AvgIpc) is 3.27. The van der Waals surface area contributed by atoms with Crippen LogP contribution in [0.2, 0.25) is 10.0 Å². The van der Waals surface area contributed by atoms with E-state index in [0.717, 1.165) is 22.8 Å². The van der Waals surface area contributed by atoms with Gasteiger partial charge in [-0.25, -0.2) is 0 Å². The Balaban J connectivity index is 0.000000265. The molecule has 308 valence electrons. The van der Waals surface area contributed by atoms with Crippen molar-refractivity contribution in [2.24, 2.45) is 0 Å². The number of aromatic amines is 2. The van der Waals surface area contributed by atoms with Gasteiger partial charge >= 0.3 is 29.6 Å². The summed E-state index contributed by atoms with van der Waals surface area (Å²) in [4.78, 5) is 73.7. The molecule has 0 bridgehead atoms. The molecule has 8 rings (SSSR count). The number of carbonyl (C=O) groups is 3. The number of aldehydes is 1. The summed E-state index contributed by atoms with van der Waals surface area (Å²) >= 11 is 12.2. The predicted octanol–water partition coefficient (Wildman–Crippen LogP) is 6.91. The second kappa shape index (κ2) is 24.9. The standard InChI is InChI=1S/C23H15ClN2O2.C16H11ClN2O2.C7H6O.C2H6O.Na.H2O/c24-17-9-10-19-18(13-17)21(16-7-4-12-25-14-16)22(23(28)26-19)20(27)11-8-15-5-2-1-3-6-15;1-9(20)14-15(10-3-2-6-18-8-10)12-7-11(17)4-5-13(12)19-16(14)21;8-6-7-4-2-1-3-5-7;1-2-3;;/h1-14H,(H,26,28);2-8H,1H3,(H,19,21);1-6H;3H,2H2,1H3;;1H2/q;;;;+1;/p-1/b11-8+;;;;;. The number of rotatable bonds is 7. The van der Waals surface area contributed by atoms with E-state index in [2.05, 4.69) is 19.9 Å². The smallest absolute Gasteiger partial charge is 0.870 e. The molecular weight excluding hydrogens is 838 g/mol. The number of fused-ring (bicyclic) bond motifs is 2. The minimum Gasteiger partial charge on any atom is -0.870 e. The van der Waals surface area contributed by atoms with Crippen LogP contribution in [0.25, 0.3) is 50.1 Å². The first-order valence-corrected chi connectivity index (χ1v) is 19.2. The van der Waals surface area contributed by atoms with Crippen LogP contribution in [0.3, 0.4) is 0 Å². The van der Waals surface area contributed by atoms with Crippen LogP contribution in [-0.4, -0.2) is 55.0 Å². The topological polar surface area (TPSA) is 193 Å². The third kappa shape index (κ3) is 13.2. The molecule has 0 saturated heterocycles. The molecule has 0 amide bonds. The number of Topliss-reactive ketones (excluding diaryl/α,β-unsaturated/α-hetero) is 1. The molecule has 0 saturated carbocycles. The van der Waals surface area contributed by atoms with E-state index in [1.807, 2.05) is 60.7 Å². The number of pyridine rings is 4. The van der Waals surface area contributed by atoms with Crippen molar-refractivity contribution in [2.75, 3.05) is 6.61 Å². The van der Waals surface area contributed by atoms with E-state index in [9.17, 15) is 24.0 Å². The van der Waals surface area contributed by atoms with Gasteiger partial charge in [-0.2, -0.15) is 0 Å². The molecule has 8 aromatic rings. The number of aliphatic hydroxyl groups excluding tert-OH is 1. The summed E-state index contributed by atoms with van der Waals surface area (Å²) in [6.45, 7) is 3.31. The fourth-order valence-corrected chi connectivity index (χ4v) is 6.42. The quantitative estimate of drug-likeness (QED) is 0.0661. The van der Waals surface area contributed by atoms with Crippen LogP contribution < -0.4 is 40.7 Å². The van der Waals surface area contributed by atoms with Crippen molar-refractivity contribution in [3.05, 3.63) is 205 Å². The first-order valence-electron chi connectivity index (χ1n) is 18.5. The third-order valence-electron chi connectivity index (χ3n) is 8.61. The summed E-state index contributed by atoms with van der Waals surface area (Å²) in [5.74, 6) is -0.678. The SMILES string of the molecule is CC(=O)c1c(-c2cccnc2)c2cc(Cl)ccc2[nH]c1=O.CCO.O=C(/C=C/c1ccccc1)c1c(-c2cccnc2)c2cc(Cl)ccc2[nH]c1=O.O=Cc1ccccc1.[Na+].[OH-]. The minimum absolute atomic E-state index is 0. The van der Waals surface area contributed by atoms with E-state index < -0.39 is 11.1 Å². The monoisotopic (exact) mass is 876 g/mol. The van der Waals surface area contributed by atoms with Gasteiger partial charge in [0.05, 0.1) is 11.1 Å². The molecule has 0 unspecified atom stereocenters. The Bertz CT molecular complexity index is 2900. The molecule has 4 aromatic heterocycles. The van der Waals surface area contributed by atoms with E-state index in [0.29, 0.717) is 48.7 Å². The van der Waals surface area contributed by atoms with Gasteiger partial charge in [0.1, 0.15) is 6.29 Å². The molecule has 0 aliphatic carbocycles. The number of benzene rings is 4. The Hall–Kier alpha value is -6.15. The number of ketones is 2. The van der Waals surface area contributed by atoms with Crippen LogP contribution >= 0.6 is 23.2 Å². The van der Waals surface area contributed by atoms with Crippen molar-refractivity contribution in [2.45, 2.75) is 13.8 Å². The maximum absolute atomic E-state index is 13.0. The first-order chi connectivity index (χ1) is 29.1. The van der Waals surface area contributed by atoms with Crippen molar-refractivity contribution in [1.29, 1.82) is 0 Å². The number of aromatic nitrogens is 4. The van der Waals surface area contributed by atoms with Crippen molar-refractivity contribution >= 4 is 68.9 Å². The largest absolute Gasteiger partial charge is 1.00 e. The van der Waals surface area contributed by atoms with Crippen molar-refractivity contribution < 1.29 is 54.5 Å². The van der Waals surface area contributed by atoms with Crippen molar-refractivity contribution in [3.8, 4) is 22.3 Å². The molecule has 0 spiro atoms. The second-order valence-corrected chi connectivity index (χ2v) is 13.7. The van der Waals surface area contributed by atoms with Crippen LogP contribution in [0.4, 0.5) is 0 Å². The van der Waals surface area contributed by atoms with E-state index in [-0.39, 0.29) is 64.3 Å². The van der Waals surface area contributed by atoms with E-state index in [1.165, 1.54) is 13.0 Å². The Morgan fingerprint density at radius 1 is 0.661 bits per heavy atom.